The summed E-state index contributed by atoms with van der Waals surface area (Å²) < 4.78 is 1.92. The Balaban J connectivity index is 0.00000132. The summed E-state index contributed by atoms with van der Waals surface area (Å²) in [5.74, 6) is 0.404. The summed E-state index contributed by atoms with van der Waals surface area (Å²) in [4.78, 5) is 18.2. The molecule has 1 aromatic carbocycles. The molecule has 1 aromatic heterocycles. The van der Waals surface area contributed by atoms with E-state index in [1.807, 2.05) is 33.9 Å². The first-order valence-electron chi connectivity index (χ1n) is 7.28. The monoisotopic (exact) mass is 356 g/mol. The fourth-order valence-corrected chi connectivity index (χ4v) is 2.89. The van der Waals surface area contributed by atoms with E-state index in [1.165, 1.54) is 5.56 Å². The lowest BCUT2D eigenvalue weighted by Gasteiger charge is -2.16. The zero-order valence-electron chi connectivity index (χ0n) is 12.7. The minimum absolute atomic E-state index is 0. The summed E-state index contributed by atoms with van der Waals surface area (Å²) in [6.45, 7) is 2.02. The number of imidazole rings is 1. The molecule has 2 atom stereocenters. The maximum Gasteiger partial charge on any atom is 0.224 e. The Hall–Kier alpha value is -1.56. The van der Waals surface area contributed by atoms with Crippen LogP contribution in [0.15, 0.2) is 49.1 Å². The van der Waals surface area contributed by atoms with Crippen molar-refractivity contribution in [2.24, 2.45) is 5.73 Å². The van der Waals surface area contributed by atoms with Gasteiger partial charge in [-0.15, -0.1) is 24.8 Å². The van der Waals surface area contributed by atoms with E-state index in [-0.39, 0.29) is 42.7 Å². The van der Waals surface area contributed by atoms with Gasteiger partial charge in [0.25, 0.3) is 0 Å². The fraction of sp³-hybridized carbons (Fsp3) is 0.375. The summed E-state index contributed by atoms with van der Waals surface area (Å²) in [6.07, 6.45) is 5.82. The van der Waals surface area contributed by atoms with Gasteiger partial charge in [-0.05, 0) is 5.56 Å². The summed E-state index contributed by atoms with van der Waals surface area (Å²) in [7, 11) is 0. The summed E-state index contributed by atoms with van der Waals surface area (Å²) in [5, 5.41) is 0. The van der Waals surface area contributed by atoms with E-state index in [0.717, 1.165) is 0 Å². The number of nitrogens with zero attached hydrogens (tertiary/aromatic N) is 3. The van der Waals surface area contributed by atoms with E-state index in [1.54, 1.807) is 12.5 Å². The molecule has 1 aliphatic heterocycles. The first-order valence-corrected chi connectivity index (χ1v) is 7.28. The molecule has 0 unspecified atom stereocenters. The Kier molecular flexibility index (Phi) is 7.55. The SMILES string of the molecule is Cl.Cl.N[C@@H]1CN(C(=O)CCn2ccnc2)C[C@H]1c1ccccc1. The van der Waals surface area contributed by atoms with Gasteiger partial charge in [-0.1, -0.05) is 30.3 Å². The number of rotatable bonds is 4. The first kappa shape index (κ1) is 19.5. The van der Waals surface area contributed by atoms with Gasteiger partial charge in [-0.3, -0.25) is 4.79 Å². The average molecular weight is 357 g/mol. The third-order valence-corrected chi connectivity index (χ3v) is 4.09. The van der Waals surface area contributed by atoms with Crippen LogP contribution in [-0.4, -0.2) is 39.5 Å². The number of carbonyl (C=O) groups excluding carboxylic acids is 1. The molecule has 1 fully saturated rings. The molecule has 2 N–H and O–H groups in total. The quantitative estimate of drug-likeness (QED) is 0.911. The van der Waals surface area contributed by atoms with Crippen molar-refractivity contribution in [3.8, 4) is 0 Å². The van der Waals surface area contributed by atoms with Crippen LogP contribution in [0.1, 0.15) is 17.9 Å². The summed E-state index contributed by atoms with van der Waals surface area (Å²) in [5.41, 5.74) is 7.44. The van der Waals surface area contributed by atoms with Crippen molar-refractivity contribution in [2.45, 2.75) is 24.9 Å². The van der Waals surface area contributed by atoms with Crippen LogP contribution < -0.4 is 5.73 Å². The highest BCUT2D eigenvalue weighted by Gasteiger charge is 2.33. The predicted octanol–water partition coefficient (Wildman–Crippen LogP) is 2.07. The van der Waals surface area contributed by atoms with Crippen LogP contribution in [0.25, 0.3) is 0 Å². The molecule has 2 aromatic rings. The van der Waals surface area contributed by atoms with Crippen LogP contribution in [-0.2, 0) is 11.3 Å². The Morgan fingerprint density at radius 2 is 1.96 bits per heavy atom. The lowest BCUT2D eigenvalue weighted by atomic mass is 9.95. The molecule has 2 heterocycles. The van der Waals surface area contributed by atoms with Gasteiger partial charge in [0.05, 0.1) is 6.33 Å². The minimum Gasteiger partial charge on any atom is -0.340 e. The number of carbonyl (C=O) groups is 1. The third kappa shape index (κ3) is 4.70. The van der Waals surface area contributed by atoms with Crippen LogP contribution in [0.2, 0.25) is 0 Å². The van der Waals surface area contributed by atoms with Crippen LogP contribution in [0.5, 0.6) is 0 Å². The van der Waals surface area contributed by atoms with Crippen molar-refractivity contribution >= 4 is 30.7 Å². The molecule has 3 rings (SSSR count). The Bertz CT molecular complexity index is 591. The zero-order valence-corrected chi connectivity index (χ0v) is 14.4. The first-order chi connectivity index (χ1) is 10.2. The second-order valence-corrected chi connectivity index (χ2v) is 5.53. The summed E-state index contributed by atoms with van der Waals surface area (Å²) >= 11 is 0. The highest BCUT2D eigenvalue weighted by Crippen LogP contribution is 2.26. The Morgan fingerprint density at radius 1 is 1.22 bits per heavy atom. The van der Waals surface area contributed by atoms with Gasteiger partial charge in [-0.25, -0.2) is 4.98 Å². The number of nitrogens with two attached hydrogens (primary N) is 1. The van der Waals surface area contributed by atoms with Gasteiger partial charge in [0.15, 0.2) is 0 Å². The molecule has 1 aliphatic rings. The number of aryl methyl sites for hydroxylation is 1. The van der Waals surface area contributed by atoms with Gasteiger partial charge in [0, 0.05) is 50.4 Å². The molecule has 0 saturated carbocycles. The van der Waals surface area contributed by atoms with Crippen LogP contribution >= 0.6 is 24.8 Å². The van der Waals surface area contributed by atoms with Crippen LogP contribution in [0.3, 0.4) is 0 Å². The van der Waals surface area contributed by atoms with E-state index in [0.29, 0.717) is 26.1 Å². The molecular formula is C16H22Cl2N4O. The number of amides is 1. The maximum absolute atomic E-state index is 12.3. The molecule has 0 bridgehead atoms. The van der Waals surface area contributed by atoms with Gasteiger partial charge in [0.2, 0.25) is 5.91 Å². The van der Waals surface area contributed by atoms with Crippen molar-refractivity contribution in [2.75, 3.05) is 13.1 Å². The molecule has 126 valence electrons. The van der Waals surface area contributed by atoms with Crippen molar-refractivity contribution < 1.29 is 4.79 Å². The number of aromatic nitrogens is 2. The third-order valence-electron chi connectivity index (χ3n) is 4.09. The number of likely N-dealkylation sites (tertiary alicyclic amines) is 1. The molecule has 0 radical (unpaired) electrons. The fourth-order valence-electron chi connectivity index (χ4n) is 2.89. The number of hydrogen-bond donors (Lipinski definition) is 1. The number of hydrogen-bond acceptors (Lipinski definition) is 3. The molecule has 1 saturated heterocycles. The second kappa shape index (κ2) is 8.91. The van der Waals surface area contributed by atoms with E-state index >= 15 is 0 Å². The predicted molar refractivity (Wildman–Crippen MR) is 95.1 cm³/mol. The Morgan fingerprint density at radius 3 is 2.61 bits per heavy atom. The van der Waals surface area contributed by atoms with Crippen molar-refractivity contribution in [1.29, 1.82) is 0 Å². The molecule has 1 amide bonds. The number of benzene rings is 1. The van der Waals surface area contributed by atoms with Gasteiger partial charge in [0.1, 0.15) is 0 Å². The second-order valence-electron chi connectivity index (χ2n) is 5.53. The van der Waals surface area contributed by atoms with Gasteiger partial charge >= 0.3 is 0 Å². The topological polar surface area (TPSA) is 64.2 Å². The smallest absolute Gasteiger partial charge is 0.224 e. The molecule has 7 heteroatoms. The normalized spacial score (nSPS) is 19.8. The molecule has 0 aliphatic carbocycles. The standard InChI is InChI=1S/C16H20N4O.2ClH/c17-15-11-20(10-14(15)13-4-2-1-3-5-13)16(21)6-8-19-9-7-18-12-19;;/h1-5,7,9,12,14-15H,6,8,10-11,17H2;2*1H/t14-,15+;;/m0../s1. The van der Waals surface area contributed by atoms with E-state index in [9.17, 15) is 4.79 Å². The highest BCUT2D eigenvalue weighted by molar-refractivity contribution is 5.85. The van der Waals surface area contributed by atoms with Crippen LogP contribution in [0.4, 0.5) is 0 Å². The largest absolute Gasteiger partial charge is 0.340 e. The van der Waals surface area contributed by atoms with E-state index in [4.69, 9.17) is 5.73 Å². The van der Waals surface area contributed by atoms with Crippen molar-refractivity contribution in [3.05, 3.63) is 54.6 Å². The molecule has 0 spiro atoms. The van der Waals surface area contributed by atoms with Gasteiger partial charge < -0.3 is 15.2 Å². The molecular weight excluding hydrogens is 335 g/mol. The van der Waals surface area contributed by atoms with Crippen molar-refractivity contribution in [3.63, 3.8) is 0 Å². The number of halogens is 2. The van der Waals surface area contributed by atoms with E-state index in [2.05, 4.69) is 17.1 Å². The maximum atomic E-state index is 12.3. The Labute approximate surface area is 148 Å². The summed E-state index contributed by atoms with van der Waals surface area (Å²) in [6, 6.07) is 10.2. The van der Waals surface area contributed by atoms with Gasteiger partial charge in [-0.2, -0.15) is 0 Å². The van der Waals surface area contributed by atoms with Crippen LogP contribution in [0, 0.1) is 0 Å². The minimum atomic E-state index is 0. The lowest BCUT2D eigenvalue weighted by Crippen LogP contribution is -2.32. The van der Waals surface area contributed by atoms with E-state index < -0.39 is 0 Å². The average Bonchev–Trinajstić information content (AvgIpc) is 3.15. The molecule has 5 nitrogen and oxygen atoms in total. The lowest BCUT2D eigenvalue weighted by molar-refractivity contribution is -0.130. The highest BCUT2D eigenvalue weighted by atomic mass is 35.5. The molecule has 23 heavy (non-hydrogen) atoms. The van der Waals surface area contributed by atoms with Crippen molar-refractivity contribution in [1.82, 2.24) is 14.5 Å². The zero-order chi connectivity index (χ0) is 14.7.